The monoisotopic (exact) mass is 249 g/mol. The zero-order valence-corrected chi connectivity index (χ0v) is 9.89. The lowest BCUT2D eigenvalue weighted by Gasteiger charge is -2.11. The van der Waals surface area contributed by atoms with Crippen molar-refractivity contribution in [3.63, 3.8) is 0 Å². The average molecular weight is 249 g/mol. The molecule has 6 heteroatoms. The molecule has 18 heavy (non-hydrogen) atoms. The van der Waals surface area contributed by atoms with E-state index in [1.54, 1.807) is 12.1 Å². The number of nitro benzene ring substituents is 1. The molecule has 0 aliphatic carbocycles. The van der Waals surface area contributed by atoms with Crippen molar-refractivity contribution in [2.45, 2.75) is 18.9 Å². The summed E-state index contributed by atoms with van der Waals surface area (Å²) >= 11 is 0. The van der Waals surface area contributed by atoms with Crippen LogP contribution in [0.1, 0.15) is 12.0 Å². The van der Waals surface area contributed by atoms with Gasteiger partial charge in [0, 0.05) is 24.7 Å². The van der Waals surface area contributed by atoms with Crippen LogP contribution in [0.4, 0.5) is 5.69 Å². The van der Waals surface area contributed by atoms with E-state index in [1.165, 1.54) is 12.1 Å². The van der Waals surface area contributed by atoms with Gasteiger partial charge in [0.25, 0.3) is 5.69 Å². The van der Waals surface area contributed by atoms with E-state index in [4.69, 9.17) is 0 Å². The van der Waals surface area contributed by atoms with Crippen molar-refractivity contribution in [1.29, 1.82) is 0 Å². The summed E-state index contributed by atoms with van der Waals surface area (Å²) in [5.74, 6) is -0.0933. The van der Waals surface area contributed by atoms with Crippen molar-refractivity contribution in [1.82, 2.24) is 10.6 Å². The fourth-order valence-corrected chi connectivity index (χ4v) is 2.02. The van der Waals surface area contributed by atoms with Crippen molar-refractivity contribution in [2.75, 3.05) is 13.1 Å². The van der Waals surface area contributed by atoms with Gasteiger partial charge in [-0.15, -0.1) is 0 Å². The summed E-state index contributed by atoms with van der Waals surface area (Å²) in [5.41, 5.74) is 0.676. The topological polar surface area (TPSA) is 84.3 Å². The van der Waals surface area contributed by atoms with Gasteiger partial charge in [-0.05, 0) is 18.5 Å². The minimum Gasteiger partial charge on any atom is -0.352 e. The number of nitro groups is 1. The minimum atomic E-state index is -0.456. The van der Waals surface area contributed by atoms with E-state index in [1.807, 2.05) is 0 Å². The second-order valence-electron chi connectivity index (χ2n) is 4.36. The molecule has 0 aromatic heterocycles. The molecule has 1 heterocycles. The Labute approximate surface area is 105 Å². The highest BCUT2D eigenvalue weighted by Gasteiger charge is 2.17. The molecule has 1 saturated heterocycles. The summed E-state index contributed by atoms with van der Waals surface area (Å²) in [6.45, 7) is 1.71. The van der Waals surface area contributed by atoms with Gasteiger partial charge in [-0.2, -0.15) is 0 Å². The smallest absolute Gasteiger partial charge is 0.269 e. The average Bonchev–Trinajstić information content (AvgIpc) is 2.82. The molecule has 2 rings (SSSR count). The first-order valence-corrected chi connectivity index (χ1v) is 5.88. The summed E-state index contributed by atoms with van der Waals surface area (Å²) in [4.78, 5) is 21.9. The number of rotatable bonds is 4. The maximum atomic E-state index is 11.7. The zero-order valence-electron chi connectivity index (χ0n) is 9.89. The Morgan fingerprint density at radius 3 is 3.06 bits per heavy atom. The van der Waals surface area contributed by atoms with Crippen LogP contribution in [-0.2, 0) is 11.2 Å². The third kappa shape index (κ3) is 3.27. The highest BCUT2D eigenvalue weighted by molar-refractivity contribution is 5.79. The van der Waals surface area contributed by atoms with E-state index in [9.17, 15) is 14.9 Å². The van der Waals surface area contributed by atoms with Crippen LogP contribution in [0, 0.1) is 10.1 Å². The zero-order chi connectivity index (χ0) is 13.0. The highest BCUT2D eigenvalue weighted by atomic mass is 16.6. The number of hydrogen-bond donors (Lipinski definition) is 2. The van der Waals surface area contributed by atoms with E-state index in [2.05, 4.69) is 10.6 Å². The van der Waals surface area contributed by atoms with Crippen LogP contribution in [0.2, 0.25) is 0 Å². The second-order valence-corrected chi connectivity index (χ2v) is 4.36. The lowest BCUT2D eigenvalue weighted by atomic mass is 10.1. The van der Waals surface area contributed by atoms with Gasteiger partial charge in [-0.25, -0.2) is 0 Å². The third-order valence-corrected chi connectivity index (χ3v) is 2.91. The van der Waals surface area contributed by atoms with Gasteiger partial charge in [-0.3, -0.25) is 14.9 Å². The van der Waals surface area contributed by atoms with E-state index in [0.29, 0.717) is 5.56 Å². The number of nitrogens with one attached hydrogen (secondary N) is 2. The normalized spacial score (nSPS) is 18.6. The molecule has 1 aromatic carbocycles. The Hall–Kier alpha value is -1.95. The van der Waals surface area contributed by atoms with Gasteiger partial charge in [0.15, 0.2) is 0 Å². The van der Waals surface area contributed by atoms with Crippen LogP contribution in [0.5, 0.6) is 0 Å². The van der Waals surface area contributed by atoms with Crippen LogP contribution in [0.15, 0.2) is 24.3 Å². The number of amides is 1. The highest BCUT2D eigenvalue weighted by Crippen LogP contribution is 2.13. The van der Waals surface area contributed by atoms with Crippen molar-refractivity contribution < 1.29 is 9.72 Å². The number of carbonyl (C=O) groups is 1. The molecule has 6 nitrogen and oxygen atoms in total. The fourth-order valence-electron chi connectivity index (χ4n) is 2.02. The molecule has 1 fully saturated rings. The van der Waals surface area contributed by atoms with Crippen LogP contribution in [0.3, 0.4) is 0 Å². The van der Waals surface area contributed by atoms with E-state index < -0.39 is 4.92 Å². The minimum absolute atomic E-state index is 0.0165. The lowest BCUT2D eigenvalue weighted by Crippen LogP contribution is -2.37. The first kappa shape index (κ1) is 12.5. The van der Waals surface area contributed by atoms with Gasteiger partial charge >= 0.3 is 0 Å². The van der Waals surface area contributed by atoms with Crippen molar-refractivity contribution in [2.24, 2.45) is 0 Å². The first-order chi connectivity index (χ1) is 8.65. The number of nitrogens with zero attached hydrogens (tertiary/aromatic N) is 1. The van der Waals surface area contributed by atoms with Crippen LogP contribution in [0.25, 0.3) is 0 Å². The van der Waals surface area contributed by atoms with Crippen LogP contribution >= 0.6 is 0 Å². The Balaban J connectivity index is 1.93. The number of benzene rings is 1. The molecule has 96 valence electrons. The predicted molar refractivity (Wildman–Crippen MR) is 66.2 cm³/mol. The summed E-state index contributed by atoms with van der Waals surface area (Å²) in [5, 5.41) is 16.7. The summed E-state index contributed by atoms with van der Waals surface area (Å²) in [6.07, 6.45) is 1.11. The second kappa shape index (κ2) is 5.59. The molecule has 1 aliphatic heterocycles. The summed E-state index contributed by atoms with van der Waals surface area (Å²) < 4.78 is 0. The number of carbonyl (C=O) groups excluding carboxylic acids is 1. The standard InChI is InChI=1S/C12H15N3O3/c16-12(14-10-4-5-13-8-10)7-9-2-1-3-11(6-9)15(17)18/h1-3,6,10,13H,4-5,7-8H2,(H,14,16). The Morgan fingerprint density at radius 1 is 1.56 bits per heavy atom. The molecular weight excluding hydrogens is 234 g/mol. The molecule has 2 N–H and O–H groups in total. The lowest BCUT2D eigenvalue weighted by molar-refractivity contribution is -0.384. The molecular formula is C12H15N3O3. The van der Waals surface area contributed by atoms with Gasteiger partial charge in [-0.1, -0.05) is 12.1 Å². The molecule has 1 atom stereocenters. The molecule has 1 aromatic rings. The van der Waals surface area contributed by atoms with E-state index in [-0.39, 0.29) is 24.1 Å². The number of non-ortho nitro benzene ring substituents is 1. The molecule has 0 radical (unpaired) electrons. The maximum absolute atomic E-state index is 11.7. The van der Waals surface area contributed by atoms with Gasteiger partial charge < -0.3 is 10.6 Å². The maximum Gasteiger partial charge on any atom is 0.269 e. The molecule has 1 aliphatic rings. The summed E-state index contributed by atoms with van der Waals surface area (Å²) in [7, 11) is 0. The van der Waals surface area contributed by atoms with Gasteiger partial charge in [0.2, 0.25) is 5.91 Å². The van der Waals surface area contributed by atoms with E-state index >= 15 is 0 Å². The van der Waals surface area contributed by atoms with Crippen molar-refractivity contribution in [3.8, 4) is 0 Å². The third-order valence-electron chi connectivity index (χ3n) is 2.91. The van der Waals surface area contributed by atoms with Crippen LogP contribution in [-0.4, -0.2) is 30.0 Å². The molecule has 1 unspecified atom stereocenters. The Bertz CT molecular complexity index is 456. The largest absolute Gasteiger partial charge is 0.352 e. The SMILES string of the molecule is O=C(Cc1cccc([N+](=O)[O-])c1)NC1CCNC1. The summed E-state index contributed by atoms with van der Waals surface area (Å²) in [6, 6.07) is 6.35. The molecule has 0 saturated carbocycles. The van der Waals surface area contributed by atoms with Crippen molar-refractivity contribution >= 4 is 11.6 Å². The quantitative estimate of drug-likeness (QED) is 0.605. The molecule has 0 spiro atoms. The Kier molecular flexibility index (Phi) is 3.88. The Morgan fingerprint density at radius 2 is 2.39 bits per heavy atom. The van der Waals surface area contributed by atoms with Crippen LogP contribution < -0.4 is 10.6 Å². The predicted octanol–water partition coefficient (Wildman–Crippen LogP) is 0.615. The van der Waals surface area contributed by atoms with Gasteiger partial charge in [0.1, 0.15) is 0 Å². The fraction of sp³-hybridized carbons (Fsp3) is 0.417. The molecule has 0 bridgehead atoms. The van der Waals surface area contributed by atoms with Gasteiger partial charge in [0.05, 0.1) is 11.3 Å². The number of hydrogen-bond acceptors (Lipinski definition) is 4. The first-order valence-electron chi connectivity index (χ1n) is 5.88. The van der Waals surface area contributed by atoms with Crippen molar-refractivity contribution in [3.05, 3.63) is 39.9 Å². The van der Waals surface area contributed by atoms with E-state index in [0.717, 1.165) is 19.5 Å². The molecule has 1 amide bonds.